The van der Waals surface area contributed by atoms with Crippen LogP contribution in [0.15, 0.2) is 18.2 Å². The summed E-state index contributed by atoms with van der Waals surface area (Å²) in [6.07, 6.45) is 0. The predicted octanol–water partition coefficient (Wildman–Crippen LogP) is 3.58. The Morgan fingerprint density at radius 2 is 2.11 bits per heavy atom. The lowest BCUT2D eigenvalue weighted by molar-refractivity contribution is 0.341. The van der Waals surface area contributed by atoms with E-state index in [0.29, 0.717) is 6.61 Å². The summed E-state index contributed by atoms with van der Waals surface area (Å²) in [5.41, 5.74) is 1.17. The highest BCUT2D eigenvalue weighted by atomic mass is 32.1. The summed E-state index contributed by atoms with van der Waals surface area (Å²) in [5, 5.41) is 4.57. The third-order valence-electron chi connectivity index (χ3n) is 2.49. The lowest BCUT2D eigenvalue weighted by atomic mass is 10.1. The Morgan fingerprint density at radius 1 is 1.33 bits per heavy atom. The van der Waals surface area contributed by atoms with E-state index in [0.717, 1.165) is 22.8 Å². The van der Waals surface area contributed by atoms with Gasteiger partial charge in [0.1, 0.15) is 10.8 Å². The molecule has 0 amide bonds. The van der Waals surface area contributed by atoms with Crippen molar-refractivity contribution in [2.45, 2.75) is 39.8 Å². The molecule has 2 aromatic rings. The van der Waals surface area contributed by atoms with E-state index in [4.69, 9.17) is 4.74 Å². The van der Waals surface area contributed by atoms with Crippen molar-refractivity contribution in [2.24, 2.45) is 0 Å². The normalized spacial score (nSPS) is 12.0. The molecule has 0 unspecified atom stereocenters. The third-order valence-corrected chi connectivity index (χ3v) is 3.50. The highest BCUT2D eigenvalue weighted by molar-refractivity contribution is 7.18. The van der Waals surface area contributed by atoms with E-state index in [2.05, 4.69) is 37.1 Å². The van der Waals surface area contributed by atoms with Gasteiger partial charge >= 0.3 is 0 Å². The Hall–Kier alpha value is -1.13. The van der Waals surface area contributed by atoms with E-state index >= 15 is 0 Å². The van der Waals surface area contributed by atoms with Crippen LogP contribution in [-0.2, 0) is 6.54 Å². The van der Waals surface area contributed by atoms with Crippen LogP contribution >= 0.6 is 11.3 Å². The molecule has 0 radical (unpaired) electrons. The van der Waals surface area contributed by atoms with Crippen molar-refractivity contribution in [1.29, 1.82) is 0 Å². The standard InChI is InChI=1S/C14H20N2OS/c1-5-17-10-6-7-11-12(8-10)18-13(16-11)9-15-14(2,3)4/h6-8,15H,5,9H2,1-4H3. The number of thiazole rings is 1. The minimum Gasteiger partial charge on any atom is -0.494 e. The molecule has 0 saturated carbocycles. The van der Waals surface area contributed by atoms with Crippen LogP contribution in [0.25, 0.3) is 10.2 Å². The number of fused-ring (bicyclic) bond motifs is 1. The lowest BCUT2D eigenvalue weighted by Gasteiger charge is -2.19. The zero-order chi connectivity index (χ0) is 13.2. The van der Waals surface area contributed by atoms with E-state index in [1.165, 1.54) is 4.70 Å². The van der Waals surface area contributed by atoms with Gasteiger partial charge in [-0.1, -0.05) is 0 Å². The van der Waals surface area contributed by atoms with E-state index in [9.17, 15) is 0 Å². The molecule has 1 aromatic heterocycles. The van der Waals surface area contributed by atoms with Gasteiger partial charge in [-0.05, 0) is 45.9 Å². The summed E-state index contributed by atoms with van der Waals surface area (Å²) in [7, 11) is 0. The molecule has 1 aromatic carbocycles. The van der Waals surface area contributed by atoms with Gasteiger partial charge in [0.25, 0.3) is 0 Å². The van der Waals surface area contributed by atoms with Crippen LogP contribution in [0.5, 0.6) is 5.75 Å². The predicted molar refractivity (Wildman–Crippen MR) is 77.4 cm³/mol. The second-order valence-corrected chi connectivity index (χ2v) is 6.39. The minimum absolute atomic E-state index is 0.119. The molecule has 0 fully saturated rings. The van der Waals surface area contributed by atoms with Crippen molar-refractivity contribution in [3.63, 3.8) is 0 Å². The maximum atomic E-state index is 5.50. The molecule has 1 heterocycles. The highest BCUT2D eigenvalue weighted by Gasteiger charge is 2.11. The molecular weight excluding hydrogens is 244 g/mol. The Morgan fingerprint density at radius 3 is 2.78 bits per heavy atom. The Labute approximate surface area is 112 Å². The zero-order valence-electron chi connectivity index (χ0n) is 11.4. The quantitative estimate of drug-likeness (QED) is 0.916. The van der Waals surface area contributed by atoms with Crippen LogP contribution in [0.3, 0.4) is 0 Å². The number of benzene rings is 1. The van der Waals surface area contributed by atoms with E-state index in [1.54, 1.807) is 11.3 Å². The fraction of sp³-hybridized carbons (Fsp3) is 0.500. The van der Waals surface area contributed by atoms with Crippen molar-refractivity contribution in [2.75, 3.05) is 6.61 Å². The van der Waals surface area contributed by atoms with Gasteiger partial charge in [0, 0.05) is 12.1 Å². The smallest absolute Gasteiger partial charge is 0.120 e. The molecule has 0 atom stereocenters. The maximum Gasteiger partial charge on any atom is 0.120 e. The Bertz CT molecular complexity index is 528. The van der Waals surface area contributed by atoms with Crippen molar-refractivity contribution in [1.82, 2.24) is 10.3 Å². The van der Waals surface area contributed by atoms with Crippen molar-refractivity contribution >= 4 is 21.6 Å². The van der Waals surface area contributed by atoms with Gasteiger partial charge in [0.05, 0.1) is 16.8 Å². The van der Waals surface area contributed by atoms with Gasteiger partial charge in [-0.25, -0.2) is 4.98 Å². The molecule has 0 aliphatic rings. The highest BCUT2D eigenvalue weighted by Crippen LogP contribution is 2.26. The van der Waals surface area contributed by atoms with Crippen LogP contribution in [0.2, 0.25) is 0 Å². The van der Waals surface area contributed by atoms with Crippen LogP contribution in [0, 0.1) is 0 Å². The van der Waals surface area contributed by atoms with E-state index in [-0.39, 0.29) is 5.54 Å². The van der Waals surface area contributed by atoms with Crippen molar-refractivity contribution in [3.8, 4) is 5.75 Å². The molecule has 4 heteroatoms. The number of nitrogens with one attached hydrogen (secondary N) is 1. The fourth-order valence-electron chi connectivity index (χ4n) is 1.63. The number of rotatable bonds is 4. The summed E-state index contributed by atoms with van der Waals surface area (Å²) < 4.78 is 6.69. The summed E-state index contributed by atoms with van der Waals surface area (Å²) in [6, 6.07) is 6.07. The molecule has 18 heavy (non-hydrogen) atoms. The molecule has 0 aliphatic carbocycles. The van der Waals surface area contributed by atoms with Gasteiger partial charge in [0.15, 0.2) is 0 Å². The van der Waals surface area contributed by atoms with Gasteiger partial charge in [-0.15, -0.1) is 11.3 Å². The average molecular weight is 264 g/mol. The molecular formula is C14H20N2OS. The van der Waals surface area contributed by atoms with Gasteiger partial charge < -0.3 is 10.1 Å². The summed E-state index contributed by atoms with van der Waals surface area (Å²) in [5.74, 6) is 0.920. The minimum atomic E-state index is 0.119. The lowest BCUT2D eigenvalue weighted by Crippen LogP contribution is -2.34. The Kier molecular flexibility index (Phi) is 3.88. The summed E-state index contributed by atoms with van der Waals surface area (Å²) >= 11 is 1.72. The first-order valence-corrected chi connectivity index (χ1v) is 7.07. The number of hydrogen-bond acceptors (Lipinski definition) is 4. The third kappa shape index (κ3) is 3.43. The van der Waals surface area contributed by atoms with E-state index < -0.39 is 0 Å². The molecule has 0 aliphatic heterocycles. The maximum absolute atomic E-state index is 5.50. The number of nitrogens with zero attached hydrogens (tertiary/aromatic N) is 1. The zero-order valence-corrected chi connectivity index (χ0v) is 12.2. The fourth-order valence-corrected chi connectivity index (χ4v) is 2.56. The SMILES string of the molecule is CCOc1ccc2nc(CNC(C)(C)C)sc2c1. The van der Waals surface area contributed by atoms with Gasteiger partial charge in [-0.2, -0.15) is 0 Å². The van der Waals surface area contributed by atoms with Crippen LogP contribution in [0.1, 0.15) is 32.7 Å². The second kappa shape index (κ2) is 5.24. The molecule has 98 valence electrons. The van der Waals surface area contributed by atoms with Crippen molar-refractivity contribution in [3.05, 3.63) is 23.2 Å². The molecule has 0 bridgehead atoms. The summed E-state index contributed by atoms with van der Waals surface area (Å²) in [6.45, 7) is 9.99. The van der Waals surface area contributed by atoms with Crippen LogP contribution in [0.4, 0.5) is 0 Å². The van der Waals surface area contributed by atoms with E-state index in [1.807, 2.05) is 19.1 Å². The largest absolute Gasteiger partial charge is 0.494 e. The monoisotopic (exact) mass is 264 g/mol. The van der Waals surface area contributed by atoms with Crippen LogP contribution in [-0.4, -0.2) is 17.1 Å². The number of aromatic nitrogens is 1. The second-order valence-electron chi connectivity index (χ2n) is 5.27. The first kappa shape index (κ1) is 13.3. The Balaban J connectivity index is 2.16. The molecule has 1 N–H and O–H groups in total. The van der Waals surface area contributed by atoms with Gasteiger partial charge in [-0.3, -0.25) is 0 Å². The molecule has 0 spiro atoms. The first-order chi connectivity index (χ1) is 8.48. The van der Waals surface area contributed by atoms with Gasteiger partial charge in [0.2, 0.25) is 0 Å². The topological polar surface area (TPSA) is 34.1 Å². The van der Waals surface area contributed by atoms with Crippen LogP contribution < -0.4 is 10.1 Å². The summed E-state index contributed by atoms with van der Waals surface area (Å²) in [4.78, 5) is 4.62. The first-order valence-electron chi connectivity index (χ1n) is 6.25. The number of ether oxygens (including phenoxy) is 1. The molecule has 2 rings (SSSR count). The molecule has 3 nitrogen and oxygen atoms in total. The molecule has 0 saturated heterocycles. The average Bonchev–Trinajstić information content (AvgIpc) is 2.68. The van der Waals surface area contributed by atoms with Crippen molar-refractivity contribution < 1.29 is 4.74 Å². The number of hydrogen-bond donors (Lipinski definition) is 1.